The molecule has 54 valence electrons. The summed E-state index contributed by atoms with van der Waals surface area (Å²) in [6.45, 7) is 0. The van der Waals surface area contributed by atoms with Gasteiger partial charge in [0.2, 0.25) is 0 Å². The standard InChI is InChI=1S/C2H4O5S2/c3-2(4)1-8-9(5,6)7/h1H,(H,3,4)(H2,5,6,7). The van der Waals surface area contributed by atoms with Crippen LogP contribution in [-0.4, -0.2) is 29.8 Å². The van der Waals surface area contributed by atoms with Crippen molar-refractivity contribution in [1.29, 1.82) is 0 Å². The SMILES string of the molecule is O=C(O)C=S=S(=O)(O)O. The monoisotopic (exact) mass is 172 g/mol. The summed E-state index contributed by atoms with van der Waals surface area (Å²) in [7, 11) is -4.03. The van der Waals surface area contributed by atoms with Gasteiger partial charge in [-0.05, 0) is 9.91 Å². The summed E-state index contributed by atoms with van der Waals surface area (Å²) >= 11 is 0. The maximum Gasteiger partial charge on any atom is 0.339 e. The van der Waals surface area contributed by atoms with Gasteiger partial charge in [-0.3, -0.25) is 9.11 Å². The molecule has 0 aromatic rings. The summed E-state index contributed by atoms with van der Waals surface area (Å²) in [5, 5.41) is 8.29. The molecule has 0 aliphatic carbocycles. The second-order valence-electron chi connectivity index (χ2n) is 1.00. The Balaban J connectivity index is 4.70. The number of rotatable bonds is 1. The maximum atomic E-state index is 9.87. The average molecular weight is 172 g/mol. The van der Waals surface area contributed by atoms with Crippen LogP contribution < -0.4 is 0 Å². The Hall–Kier alpha value is -0.370. The van der Waals surface area contributed by atoms with E-state index in [0.717, 1.165) is 0 Å². The maximum absolute atomic E-state index is 9.87. The molecule has 3 N–H and O–H groups in total. The van der Waals surface area contributed by atoms with Crippen molar-refractivity contribution >= 4 is 30.3 Å². The minimum absolute atomic E-state index is 0.0440. The van der Waals surface area contributed by atoms with Crippen LogP contribution in [0.15, 0.2) is 0 Å². The lowest BCUT2D eigenvalue weighted by Crippen LogP contribution is -1.98. The van der Waals surface area contributed by atoms with Crippen molar-refractivity contribution in [2.24, 2.45) is 0 Å². The molecule has 0 heterocycles. The van der Waals surface area contributed by atoms with Gasteiger partial charge in [0.25, 0.3) is 9.05 Å². The first-order valence-electron chi connectivity index (χ1n) is 1.65. The van der Waals surface area contributed by atoms with Crippen LogP contribution in [0.1, 0.15) is 0 Å². The van der Waals surface area contributed by atoms with Crippen LogP contribution >= 0.6 is 0 Å². The van der Waals surface area contributed by atoms with E-state index < -0.39 is 15.0 Å². The molecule has 0 aromatic carbocycles. The Bertz CT molecular complexity index is 244. The molecule has 0 rings (SSSR count). The molecule has 7 heteroatoms. The number of hydrogen-bond acceptors (Lipinski definition) is 2. The predicted molar refractivity (Wildman–Crippen MR) is 34.5 cm³/mol. The zero-order chi connectivity index (χ0) is 7.49. The second-order valence-corrected chi connectivity index (χ2v) is 4.20. The molecular formula is C2H4O5S2. The van der Waals surface area contributed by atoms with Gasteiger partial charge in [0.05, 0.1) is 5.37 Å². The first-order chi connectivity index (χ1) is 3.92. The quantitative estimate of drug-likeness (QED) is 0.445. The van der Waals surface area contributed by atoms with Gasteiger partial charge in [0, 0.05) is 0 Å². The Morgan fingerprint density at radius 1 is 1.56 bits per heavy atom. The van der Waals surface area contributed by atoms with Gasteiger partial charge in [-0.25, -0.2) is 4.79 Å². The lowest BCUT2D eigenvalue weighted by Gasteiger charge is -1.79. The highest BCUT2D eigenvalue weighted by Gasteiger charge is 1.88. The number of carbonyl (C=O) groups is 1. The molecule has 0 aromatic heterocycles. The molecule has 0 amide bonds. The van der Waals surface area contributed by atoms with E-state index in [1.54, 1.807) is 0 Å². The highest BCUT2D eigenvalue weighted by atomic mass is 32.9. The third kappa shape index (κ3) is 7.63. The van der Waals surface area contributed by atoms with Crippen molar-refractivity contribution < 1.29 is 23.2 Å². The fourth-order valence-corrected chi connectivity index (χ4v) is 0.935. The average Bonchev–Trinajstić information content (AvgIpc) is 1.59. The van der Waals surface area contributed by atoms with Crippen molar-refractivity contribution in [3.8, 4) is 0 Å². The van der Waals surface area contributed by atoms with E-state index in [9.17, 15) is 9.00 Å². The van der Waals surface area contributed by atoms with E-state index in [1.165, 1.54) is 0 Å². The molecule has 0 atom stereocenters. The number of carboxylic acid groups (broad SMARTS) is 1. The van der Waals surface area contributed by atoms with Crippen molar-refractivity contribution in [3.63, 3.8) is 0 Å². The minimum Gasteiger partial charge on any atom is -0.477 e. The van der Waals surface area contributed by atoms with Gasteiger partial charge in [-0.15, -0.1) is 0 Å². The Morgan fingerprint density at radius 2 is 2.00 bits per heavy atom. The van der Waals surface area contributed by atoms with E-state index in [0.29, 0.717) is 5.37 Å². The lowest BCUT2D eigenvalue weighted by molar-refractivity contribution is -0.128. The Morgan fingerprint density at radius 3 is 2.11 bits per heavy atom. The van der Waals surface area contributed by atoms with Crippen LogP contribution in [0.25, 0.3) is 0 Å². The number of carboxylic acids is 1. The molecule has 0 aliphatic rings. The van der Waals surface area contributed by atoms with Crippen LogP contribution in [0.4, 0.5) is 0 Å². The van der Waals surface area contributed by atoms with E-state index in [4.69, 9.17) is 14.2 Å². The van der Waals surface area contributed by atoms with Gasteiger partial charge < -0.3 is 5.11 Å². The molecule has 0 spiro atoms. The number of hydrogen-bond donors (Lipinski definition) is 3. The number of aliphatic carboxylic acids is 1. The third-order valence-corrected chi connectivity index (χ3v) is 1.86. The molecule has 5 nitrogen and oxygen atoms in total. The van der Waals surface area contributed by atoms with Gasteiger partial charge in [0.1, 0.15) is 0 Å². The molecule has 0 fully saturated rings. The summed E-state index contributed by atoms with van der Waals surface area (Å²) in [5.41, 5.74) is 0. The highest BCUT2D eigenvalue weighted by molar-refractivity contribution is 8.33. The molecule has 0 bridgehead atoms. The second kappa shape index (κ2) is 2.97. The van der Waals surface area contributed by atoms with E-state index >= 15 is 0 Å². The van der Waals surface area contributed by atoms with E-state index in [2.05, 4.69) is 0 Å². The molecule has 0 saturated carbocycles. The van der Waals surface area contributed by atoms with E-state index in [-0.39, 0.29) is 9.91 Å². The highest BCUT2D eigenvalue weighted by Crippen LogP contribution is 1.68. The normalized spacial score (nSPS) is 10.4. The molecule has 9 heavy (non-hydrogen) atoms. The smallest absolute Gasteiger partial charge is 0.339 e. The van der Waals surface area contributed by atoms with Crippen LogP contribution in [0.2, 0.25) is 0 Å². The Kier molecular flexibility index (Phi) is 2.85. The van der Waals surface area contributed by atoms with Crippen molar-refractivity contribution in [2.75, 3.05) is 0 Å². The Labute approximate surface area is 54.2 Å². The molecular weight excluding hydrogens is 168 g/mol. The fraction of sp³-hybridized carbons (Fsp3) is 0. The summed E-state index contributed by atoms with van der Waals surface area (Å²) < 4.78 is 25.9. The van der Waals surface area contributed by atoms with Gasteiger partial charge in [-0.1, -0.05) is 0 Å². The van der Waals surface area contributed by atoms with E-state index in [1.807, 2.05) is 0 Å². The predicted octanol–water partition coefficient (Wildman–Crippen LogP) is -0.899. The minimum atomic E-state index is -3.99. The fourth-order valence-electron chi connectivity index (χ4n) is 0.104. The first-order valence-corrected chi connectivity index (χ1v) is 4.52. The van der Waals surface area contributed by atoms with Crippen molar-refractivity contribution in [1.82, 2.24) is 0 Å². The van der Waals surface area contributed by atoms with Crippen LogP contribution in [0.3, 0.4) is 0 Å². The first kappa shape index (κ1) is 8.63. The topological polar surface area (TPSA) is 94.8 Å². The van der Waals surface area contributed by atoms with Crippen LogP contribution in [-0.2, 0) is 23.8 Å². The largest absolute Gasteiger partial charge is 0.477 e. The molecule has 0 aliphatic heterocycles. The van der Waals surface area contributed by atoms with Gasteiger partial charge in [-0.2, -0.15) is 4.21 Å². The zero-order valence-corrected chi connectivity index (χ0v) is 5.68. The van der Waals surface area contributed by atoms with Gasteiger partial charge >= 0.3 is 5.97 Å². The third-order valence-electron chi connectivity index (χ3n) is 0.274. The van der Waals surface area contributed by atoms with Crippen LogP contribution in [0, 0.1) is 0 Å². The lowest BCUT2D eigenvalue weighted by atomic mass is 10.8. The summed E-state index contributed by atoms with van der Waals surface area (Å²) in [4.78, 5) is 9.62. The molecule has 0 unspecified atom stereocenters. The van der Waals surface area contributed by atoms with Crippen LogP contribution in [0.5, 0.6) is 0 Å². The summed E-state index contributed by atoms with van der Waals surface area (Å²) in [5.74, 6) is -1.36. The van der Waals surface area contributed by atoms with Crippen molar-refractivity contribution in [2.45, 2.75) is 0 Å². The van der Waals surface area contributed by atoms with Gasteiger partial charge in [0.15, 0.2) is 0 Å². The summed E-state index contributed by atoms with van der Waals surface area (Å²) in [6.07, 6.45) is 0. The summed E-state index contributed by atoms with van der Waals surface area (Å²) in [6, 6.07) is 0. The van der Waals surface area contributed by atoms with Crippen molar-refractivity contribution in [3.05, 3.63) is 0 Å². The molecule has 0 radical (unpaired) electrons. The molecule has 0 saturated heterocycles. The zero-order valence-electron chi connectivity index (χ0n) is 4.05.